The van der Waals surface area contributed by atoms with Gasteiger partial charge < -0.3 is 16.0 Å². The van der Waals surface area contributed by atoms with Gasteiger partial charge in [-0.05, 0) is 35.4 Å². The summed E-state index contributed by atoms with van der Waals surface area (Å²) in [5.74, 6) is -0.443. The van der Waals surface area contributed by atoms with E-state index in [1.807, 2.05) is 18.2 Å². The zero-order valence-electron chi connectivity index (χ0n) is 10.8. The number of urea groups is 1. The van der Waals surface area contributed by atoms with Crippen molar-refractivity contribution in [1.82, 2.24) is 4.90 Å². The first-order valence-electron chi connectivity index (χ1n) is 6.31. The summed E-state index contributed by atoms with van der Waals surface area (Å²) in [6.07, 6.45) is 0. The molecule has 0 saturated carbocycles. The third-order valence-electron chi connectivity index (χ3n) is 3.36. The van der Waals surface area contributed by atoms with Crippen LogP contribution in [0.15, 0.2) is 42.5 Å². The number of carbonyl (C=O) groups excluding carboxylic acids is 1. The van der Waals surface area contributed by atoms with Gasteiger partial charge in [0.1, 0.15) is 5.82 Å². The van der Waals surface area contributed by atoms with Gasteiger partial charge in [0.25, 0.3) is 0 Å². The molecule has 0 aliphatic carbocycles. The number of fused-ring (bicyclic) bond motifs is 1. The molecule has 0 fully saturated rings. The van der Waals surface area contributed by atoms with Crippen LogP contribution in [-0.4, -0.2) is 10.9 Å². The number of rotatable bonds is 1. The van der Waals surface area contributed by atoms with Crippen LogP contribution in [0.1, 0.15) is 11.1 Å². The number of nitrogens with one attached hydrogen (secondary N) is 1. The predicted molar refractivity (Wildman–Crippen MR) is 75.5 cm³/mol. The molecule has 0 radical (unpaired) electrons. The molecule has 3 rings (SSSR count). The van der Waals surface area contributed by atoms with E-state index in [0.29, 0.717) is 18.8 Å². The van der Waals surface area contributed by atoms with Gasteiger partial charge in [-0.15, -0.1) is 0 Å². The average Bonchev–Trinajstić information content (AvgIpc) is 2.84. The number of nitrogen functional groups attached to an aromatic ring is 1. The van der Waals surface area contributed by atoms with Crippen LogP contribution in [0.25, 0.3) is 0 Å². The number of anilines is 2. The molecular formula is C15H14FN3O. The molecule has 0 bridgehead atoms. The maximum Gasteiger partial charge on any atom is 0.322 e. The van der Waals surface area contributed by atoms with Crippen molar-refractivity contribution in [1.29, 1.82) is 0 Å². The number of benzene rings is 2. The topological polar surface area (TPSA) is 58.4 Å². The van der Waals surface area contributed by atoms with E-state index in [9.17, 15) is 9.18 Å². The van der Waals surface area contributed by atoms with Gasteiger partial charge in [-0.3, -0.25) is 0 Å². The summed E-state index contributed by atoms with van der Waals surface area (Å²) in [5, 5.41) is 2.58. The predicted octanol–water partition coefficient (Wildman–Crippen LogP) is 2.96. The Hall–Kier alpha value is -2.56. The molecule has 102 valence electrons. The van der Waals surface area contributed by atoms with Gasteiger partial charge in [-0.1, -0.05) is 18.2 Å². The average molecular weight is 271 g/mol. The maximum absolute atomic E-state index is 13.5. The molecule has 0 atom stereocenters. The lowest BCUT2D eigenvalue weighted by Gasteiger charge is -2.16. The van der Waals surface area contributed by atoms with Gasteiger partial charge in [0.15, 0.2) is 0 Å². The molecule has 5 heteroatoms. The summed E-state index contributed by atoms with van der Waals surface area (Å²) in [6.45, 7) is 0.997. The molecule has 1 aliphatic heterocycles. The first-order valence-corrected chi connectivity index (χ1v) is 6.31. The van der Waals surface area contributed by atoms with Crippen LogP contribution in [0.2, 0.25) is 0 Å². The zero-order valence-corrected chi connectivity index (χ0v) is 10.8. The Bertz CT molecular complexity index is 672. The summed E-state index contributed by atoms with van der Waals surface area (Å²) in [7, 11) is 0. The van der Waals surface area contributed by atoms with Crippen LogP contribution in [0.5, 0.6) is 0 Å². The SMILES string of the molecule is Nc1ccc2c(c1)CN(C(=O)Nc1ccccc1F)C2. The lowest BCUT2D eigenvalue weighted by atomic mass is 10.1. The Morgan fingerprint density at radius 3 is 2.70 bits per heavy atom. The smallest absolute Gasteiger partial charge is 0.322 e. The fraction of sp³-hybridized carbons (Fsp3) is 0.133. The molecule has 4 nitrogen and oxygen atoms in total. The molecule has 20 heavy (non-hydrogen) atoms. The van der Waals surface area contributed by atoms with E-state index in [0.717, 1.165) is 11.1 Å². The fourth-order valence-electron chi connectivity index (χ4n) is 2.31. The van der Waals surface area contributed by atoms with Crippen molar-refractivity contribution in [2.75, 3.05) is 11.1 Å². The van der Waals surface area contributed by atoms with Crippen molar-refractivity contribution in [2.24, 2.45) is 0 Å². The largest absolute Gasteiger partial charge is 0.399 e. The van der Waals surface area contributed by atoms with E-state index in [2.05, 4.69) is 5.32 Å². The van der Waals surface area contributed by atoms with E-state index in [1.54, 1.807) is 17.0 Å². The van der Waals surface area contributed by atoms with Crippen LogP contribution in [0.3, 0.4) is 0 Å². The molecule has 1 aliphatic rings. The van der Waals surface area contributed by atoms with E-state index >= 15 is 0 Å². The molecule has 2 aromatic rings. The van der Waals surface area contributed by atoms with Crippen LogP contribution < -0.4 is 11.1 Å². The molecule has 0 spiro atoms. The third kappa shape index (κ3) is 2.30. The van der Waals surface area contributed by atoms with E-state index in [4.69, 9.17) is 5.73 Å². The molecule has 2 amide bonds. The molecule has 0 saturated heterocycles. The number of carbonyl (C=O) groups is 1. The zero-order chi connectivity index (χ0) is 14.1. The monoisotopic (exact) mass is 271 g/mol. The second kappa shape index (κ2) is 4.85. The summed E-state index contributed by atoms with van der Waals surface area (Å²) >= 11 is 0. The van der Waals surface area contributed by atoms with E-state index in [1.165, 1.54) is 12.1 Å². The van der Waals surface area contributed by atoms with Crippen LogP contribution in [0, 0.1) is 5.82 Å². The highest BCUT2D eigenvalue weighted by Gasteiger charge is 2.23. The summed E-state index contributed by atoms with van der Waals surface area (Å²) in [6, 6.07) is 11.4. The number of hydrogen-bond acceptors (Lipinski definition) is 2. The number of nitrogens with two attached hydrogens (primary N) is 1. The molecule has 0 unspecified atom stereocenters. The highest BCUT2D eigenvalue weighted by Crippen LogP contribution is 2.25. The van der Waals surface area contributed by atoms with Crippen molar-refractivity contribution in [2.45, 2.75) is 13.1 Å². The second-order valence-electron chi connectivity index (χ2n) is 4.79. The molecule has 2 aromatic carbocycles. The van der Waals surface area contributed by atoms with Gasteiger partial charge >= 0.3 is 6.03 Å². The van der Waals surface area contributed by atoms with Crippen molar-refractivity contribution in [3.05, 3.63) is 59.4 Å². The highest BCUT2D eigenvalue weighted by molar-refractivity contribution is 5.89. The molecular weight excluding hydrogens is 257 g/mol. The van der Waals surface area contributed by atoms with Crippen LogP contribution >= 0.6 is 0 Å². The Labute approximate surface area is 116 Å². The Morgan fingerprint density at radius 2 is 1.90 bits per heavy atom. The van der Waals surface area contributed by atoms with E-state index in [-0.39, 0.29) is 11.7 Å². The van der Waals surface area contributed by atoms with Gasteiger partial charge in [-0.25, -0.2) is 9.18 Å². The number of hydrogen-bond donors (Lipinski definition) is 2. The first-order chi connectivity index (χ1) is 9.63. The third-order valence-corrected chi connectivity index (χ3v) is 3.36. The lowest BCUT2D eigenvalue weighted by molar-refractivity contribution is 0.212. The summed E-state index contributed by atoms with van der Waals surface area (Å²) in [4.78, 5) is 13.8. The van der Waals surface area contributed by atoms with Crippen LogP contribution in [-0.2, 0) is 13.1 Å². The minimum atomic E-state index is -0.443. The first kappa shape index (κ1) is 12.5. The van der Waals surface area contributed by atoms with Crippen molar-refractivity contribution < 1.29 is 9.18 Å². The van der Waals surface area contributed by atoms with Crippen molar-refractivity contribution >= 4 is 17.4 Å². The summed E-state index contributed by atoms with van der Waals surface area (Å²) < 4.78 is 13.5. The standard InChI is InChI=1S/C15H14FN3O/c16-13-3-1-2-4-14(13)18-15(20)19-8-10-5-6-12(17)7-11(10)9-19/h1-7H,8-9,17H2,(H,18,20). The number of para-hydroxylation sites is 1. The Morgan fingerprint density at radius 1 is 1.15 bits per heavy atom. The summed E-state index contributed by atoms with van der Waals surface area (Å²) in [5.41, 5.74) is 8.70. The Balaban J connectivity index is 1.73. The minimum absolute atomic E-state index is 0.188. The molecule has 1 heterocycles. The molecule has 3 N–H and O–H groups in total. The highest BCUT2D eigenvalue weighted by atomic mass is 19.1. The van der Waals surface area contributed by atoms with Gasteiger partial charge in [0, 0.05) is 18.8 Å². The van der Waals surface area contributed by atoms with E-state index < -0.39 is 5.82 Å². The number of amides is 2. The van der Waals surface area contributed by atoms with Crippen LogP contribution in [0.4, 0.5) is 20.6 Å². The second-order valence-corrected chi connectivity index (χ2v) is 4.79. The van der Waals surface area contributed by atoms with Crippen molar-refractivity contribution in [3.8, 4) is 0 Å². The number of nitrogens with zero attached hydrogens (tertiary/aromatic N) is 1. The molecule has 0 aromatic heterocycles. The Kier molecular flexibility index (Phi) is 3.02. The number of halogens is 1. The minimum Gasteiger partial charge on any atom is -0.399 e. The fourth-order valence-corrected chi connectivity index (χ4v) is 2.31. The van der Waals surface area contributed by atoms with Crippen molar-refractivity contribution in [3.63, 3.8) is 0 Å². The quantitative estimate of drug-likeness (QED) is 0.783. The van der Waals surface area contributed by atoms with Gasteiger partial charge in [0.05, 0.1) is 5.69 Å². The van der Waals surface area contributed by atoms with Gasteiger partial charge in [0.2, 0.25) is 0 Å². The van der Waals surface area contributed by atoms with Gasteiger partial charge in [-0.2, -0.15) is 0 Å². The normalized spacial score (nSPS) is 13.2. The maximum atomic E-state index is 13.5. The lowest BCUT2D eigenvalue weighted by Crippen LogP contribution is -2.30.